The maximum absolute atomic E-state index is 12.2. The van der Waals surface area contributed by atoms with E-state index in [1.165, 1.54) is 4.57 Å². The fraction of sp³-hybridized carbons (Fsp3) is 0.500. The molecule has 110 valence electrons. The number of hydrogen-bond acceptors (Lipinski definition) is 3. The van der Waals surface area contributed by atoms with Crippen LogP contribution in [0.1, 0.15) is 0 Å². The van der Waals surface area contributed by atoms with Gasteiger partial charge in [-0.25, -0.2) is 4.79 Å². The number of fused-ring (bicyclic) bond motifs is 1. The van der Waals surface area contributed by atoms with Crippen molar-refractivity contribution in [3.05, 3.63) is 28.7 Å². The fourth-order valence-electron chi connectivity index (χ4n) is 2.12. The van der Waals surface area contributed by atoms with Crippen molar-refractivity contribution in [3.8, 4) is 5.75 Å². The van der Waals surface area contributed by atoms with Crippen LogP contribution >= 0.6 is 0 Å². The molecule has 0 radical (unpaired) electrons. The molecule has 0 atom stereocenters. The first kappa shape index (κ1) is 14.9. The number of ether oxygens (including phenoxy) is 1. The normalized spacial score (nSPS) is 12.2. The highest BCUT2D eigenvalue weighted by molar-refractivity contribution is 6.76. The van der Waals surface area contributed by atoms with Crippen molar-refractivity contribution < 1.29 is 9.84 Å². The second-order valence-electron chi connectivity index (χ2n) is 6.26. The van der Waals surface area contributed by atoms with Crippen molar-refractivity contribution >= 4 is 19.1 Å². The van der Waals surface area contributed by atoms with Crippen LogP contribution in [0.3, 0.4) is 0 Å². The summed E-state index contributed by atoms with van der Waals surface area (Å²) in [6.07, 6.45) is 0. The van der Waals surface area contributed by atoms with E-state index < -0.39 is 8.07 Å². The summed E-state index contributed by atoms with van der Waals surface area (Å²) in [5.41, 5.74) is 1.08. The lowest BCUT2D eigenvalue weighted by Gasteiger charge is -2.15. The van der Waals surface area contributed by atoms with Crippen molar-refractivity contribution in [1.82, 2.24) is 9.13 Å². The third kappa shape index (κ3) is 2.96. The Morgan fingerprint density at radius 2 is 2.00 bits per heavy atom. The van der Waals surface area contributed by atoms with E-state index in [-0.39, 0.29) is 18.2 Å². The zero-order chi connectivity index (χ0) is 14.9. The van der Waals surface area contributed by atoms with Gasteiger partial charge in [0.25, 0.3) is 0 Å². The Bertz CT molecular complexity index is 667. The second kappa shape index (κ2) is 5.45. The van der Waals surface area contributed by atoms with Crippen LogP contribution in [-0.2, 0) is 18.5 Å². The summed E-state index contributed by atoms with van der Waals surface area (Å²) in [5, 5.41) is 9.86. The maximum Gasteiger partial charge on any atom is 0.330 e. The largest absolute Gasteiger partial charge is 0.506 e. The average molecular weight is 294 g/mol. The topological polar surface area (TPSA) is 56.4 Å². The SMILES string of the molecule is Cn1c(=O)n(COCC[Si](C)(C)C)c2cccc(O)c21. The van der Waals surface area contributed by atoms with Crippen molar-refractivity contribution in [3.63, 3.8) is 0 Å². The Labute approximate surface area is 119 Å². The van der Waals surface area contributed by atoms with Crippen LogP contribution in [0.5, 0.6) is 5.75 Å². The standard InChI is InChI=1S/C14H22N2O3Si/c1-15-13-11(6-5-7-12(13)17)16(14(15)18)10-19-8-9-20(2,3)4/h5-7,17H,8-10H2,1-4H3. The Kier molecular flexibility index (Phi) is 4.05. The Morgan fingerprint density at radius 3 is 2.65 bits per heavy atom. The number of imidazole rings is 1. The number of phenolic OH excluding ortho intramolecular Hbond substituents is 1. The number of hydrogen-bond donors (Lipinski definition) is 1. The van der Waals surface area contributed by atoms with E-state index in [1.807, 2.05) is 6.07 Å². The van der Waals surface area contributed by atoms with Gasteiger partial charge in [-0.2, -0.15) is 0 Å². The predicted octanol–water partition coefficient (Wildman–Crippen LogP) is 2.36. The van der Waals surface area contributed by atoms with Crippen LogP contribution in [0.25, 0.3) is 11.0 Å². The fourth-order valence-corrected chi connectivity index (χ4v) is 2.88. The monoisotopic (exact) mass is 294 g/mol. The van der Waals surface area contributed by atoms with Gasteiger partial charge in [0.2, 0.25) is 0 Å². The van der Waals surface area contributed by atoms with Gasteiger partial charge in [-0.15, -0.1) is 0 Å². The van der Waals surface area contributed by atoms with Crippen molar-refractivity contribution in [2.45, 2.75) is 32.4 Å². The number of nitrogens with zero attached hydrogens (tertiary/aromatic N) is 2. The van der Waals surface area contributed by atoms with Gasteiger partial charge in [0, 0.05) is 21.7 Å². The molecule has 0 saturated carbocycles. The van der Waals surface area contributed by atoms with Gasteiger partial charge in [-0.3, -0.25) is 9.13 Å². The van der Waals surface area contributed by atoms with Crippen LogP contribution in [0.2, 0.25) is 25.7 Å². The molecule has 1 aromatic carbocycles. The highest BCUT2D eigenvalue weighted by Crippen LogP contribution is 2.22. The molecule has 1 heterocycles. The van der Waals surface area contributed by atoms with Gasteiger partial charge in [0.1, 0.15) is 18.0 Å². The molecule has 1 aromatic heterocycles. The summed E-state index contributed by atoms with van der Waals surface area (Å²) in [7, 11) is 0.532. The second-order valence-corrected chi connectivity index (χ2v) is 11.9. The molecule has 1 N–H and O–H groups in total. The van der Waals surface area contributed by atoms with Gasteiger partial charge in [-0.1, -0.05) is 25.7 Å². The molecule has 20 heavy (non-hydrogen) atoms. The summed E-state index contributed by atoms with van der Waals surface area (Å²) in [6, 6.07) is 6.20. The average Bonchev–Trinajstić information content (AvgIpc) is 2.59. The molecule has 6 heteroatoms. The molecule has 0 amide bonds. The number of aromatic nitrogens is 2. The van der Waals surface area contributed by atoms with E-state index in [0.717, 1.165) is 6.04 Å². The number of phenols is 1. The summed E-state index contributed by atoms with van der Waals surface area (Å²) in [5.74, 6) is 0.114. The Hall–Kier alpha value is -1.53. The van der Waals surface area contributed by atoms with E-state index in [4.69, 9.17) is 4.74 Å². The number of benzene rings is 1. The Balaban J connectivity index is 2.21. The smallest absolute Gasteiger partial charge is 0.330 e. The lowest BCUT2D eigenvalue weighted by molar-refractivity contribution is 0.0873. The zero-order valence-corrected chi connectivity index (χ0v) is 13.5. The lowest BCUT2D eigenvalue weighted by atomic mass is 10.3. The first-order chi connectivity index (χ1) is 9.31. The first-order valence-corrected chi connectivity index (χ1v) is 10.5. The van der Waals surface area contributed by atoms with Gasteiger partial charge in [0.15, 0.2) is 0 Å². The number of rotatable bonds is 5. The molecule has 2 rings (SSSR count). The van der Waals surface area contributed by atoms with Crippen molar-refractivity contribution in [1.29, 1.82) is 0 Å². The van der Waals surface area contributed by atoms with E-state index in [0.29, 0.717) is 17.6 Å². The van der Waals surface area contributed by atoms with Crippen molar-refractivity contribution in [2.75, 3.05) is 6.61 Å². The lowest BCUT2D eigenvalue weighted by Crippen LogP contribution is -2.25. The van der Waals surface area contributed by atoms with E-state index in [9.17, 15) is 9.90 Å². The first-order valence-electron chi connectivity index (χ1n) is 6.76. The molecule has 0 bridgehead atoms. The van der Waals surface area contributed by atoms with Crippen LogP contribution < -0.4 is 5.69 Å². The summed E-state index contributed by atoms with van der Waals surface area (Å²) < 4.78 is 8.65. The Morgan fingerprint density at radius 1 is 1.30 bits per heavy atom. The van der Waals surface area contributed by atoms with Gasteiger partial charge >= 0.3 is 5.69 Å². The van der Waals surface area contributed by atoms with E-state index >= 15 is 0 Å². The minimum atomic E-state index is -1.12. The molecule has 5 nitrogen and oxygen atoms in total. The molecule has 0 spiro atoms. The van der Waals surface area contributed by atoms with Gasteiger partial charge < -0.3 is 9.84 Å². The summed E-state index contributed by atoms with van der Waals surface area (Å²) >= 11 is 0. The summed E-state index contributed by atoms with van der Waals surface area (Å²) in [6.45, 7) is 7.76. The third-order valence-corrected chi connectivity index (χ3v) is 5.06. The minimum absolute atomic E-state index is 0.114. The van der Waals surface area contributed by atoms with Crippen LogP contribution in [-0.4, -0.2) is 28.9 Å². The van der Waals surface area contributed by atoms with Crippen LogP contribution in [0, 0.1) is 0 Å². The van der Waals surface area contributed by atoms with Gasteiger partial charge in [0.05, 0.1) is 5.52 Å². The van der Waals surface area contributed by atoms with Crippen molar-refractivity contribution in [2.24, 2.45) is 7.05 Å². The van der Waals surface area contributed by atoms with Crippen LogP contribution in [0.15, 0.2) is 23.0 Å². The number of para-hydroxylation sites is 1. The molecule has 0 aliphatic rings. The third-order valence-electron chi connectivity index (χ3n) is 3.35. The molecule has 0 aliphatic carbocycles. The molecule has 0 saturated heterocycles. The highest BCUT2D eigenvalue weighted by atomic mass is 28.3. The molecule has 2 aromatic rings. The highest BCUT2D eigenvalue weighted by Gasteiger charge is 2.15. The molecular formula is C14H22N2O3Si. The molecule has 0 fully saturated rings. The predicted molar refractivity (Wildman–Crippen MR) is 82.9 cm³/mol. The van der Waals surface area contributed by atoms with E-state index in [1.54, 1.807) is 23.7 Å². The molecular weight excluding hydrogens is 272 g/mol. The number of aromatic hydroxyl groups is 1. The zero-order valence-electron chi connectivity index (χ0n) is 12.5. The van der Waals surface area contributed by atoms with Gasteiger partial charge in [-0.05, 0) is 18.2 Å². The van der Waals surface area contributed by atoms with E-state index in [2.05, 4.69) is 19.6 Å². The summed E-state index contributed by atoms with van der Waals surface area (Å²) in [4.78, 5) is 12.2. The maximum atomic E-state index is 12.2. The number of aryl methyl sites for hydroxylation is 1. The molecule has 0 aliphatic heterocycles. The van der Waals surface area contributed by atoms with Crippen LogP contribution in [0.4, 0.5) is 0 Å². The molecule has 0 unspecified atom stereocenters. The quantitative estimate of drug-likeness (QED) is 0.680. The minimum Gasteiger partial charge on any atom is -0.506 e.